The third kappa shape index (κ3) is 4.87. The Morgan fingerprint density at radius 3 is 2.58 bits per heavy atom. The van der Waals surface area contributed by atoms with Crippen LogP contribution in [-0.4, -0.2) is 47.4 Å². The lowest BCUT2D eigenvalue weighted by atomic mass is 10.1. The van der Waals surface area contributed by atoms with E-state index in [0.29, 0.717) is 11.1 Å². The molecule has 1 rings (SSSR count). The molecule has 0 aliphatic carbocycles. The van der Waals surface area contributed by atoms with Gasteiger partial charge in [-0.05, 0) is 13.8 Å². The average Bonchev–Trinajstić information content (AvgIpc) is 2.36. The van der Waals surface area contributed by atoms with Crippen molar-refractivity contribution in [3.8, 4) is 0 Å². The summed E-state index contributed by atoms with van der Waals surface area (Å²) in [5.41, 5.74) is 0.987. The highest BCUT2D eigenvalue weighted by Crippen LogP contribution is 2.15. The van der Waals surface area contributed by atoms with Crippen LogP contribution in [0, 0.1) is 0 Å². The summed E-state index contributed by atoms with van der Waals surface area (Å²) in [6.45, 7) is 3.60. The van der Waals surface area contributed by atoms with Gasteiger partial charge in [0.15, 0.2) is 0 Å². The number of esters is 1. The molecular formula is C13H18N4O2. The van der Waals surface area contributed by atoms with Gasteiger partial charge in [0.25, 0.3) is 0 Å². The fourth-order valence-corrected chi connectivity index (χ4v) is 1.38. The molecule has 0 saturated carbocycles. The SMILES string of the molecule is C/N=C\N(C)/C=C(\C(=O)OC(C)C)c1cncnc1. The van der Waals surface area contributed by atoms with Gasteiger partial charge in [-0.1, -0.05) is 0 Å². The molecule has 0 aliphatic rings. The molecule has 0 radical (unpaired) electrons. The third-order valence-corrected chi connectivity index (χ3v) is 2.06. The first-order valence-electron chi connectivity index (χ1n) is 5.87. The van der Waals surface area contributed by atoms with Gasteiger partial charge in [-0.2, -0.15) is 0 Å². The van der Waals surface area contributed by atoms with E-state index >= 15 is 0 Å². The Kier molecular flexibility index (Phi) is 5.66. The molecule has 0 spiro atoms. The Morgan fingerprint density at radius 1 is 1.42 bits per heavy atom. The molecule has 0 unspecified atom stereocenters. The van der Waals surface area contributed by atoms with Crippen molar-refractivity contribution in [1.82, 2.24) is 14.9 Å². The van der Waals surface area contributed by atoms with Gasteiger partial charge < -0.3 is 9.64 Å². The number of rotatable bonds is 5. The van der Waals surface area contributed by atoms with Crippen molar-refractivity contribution < 1.29 is 9.53 Å². The number of carbonyl (C=O) groups is 1. The summed E-state index contributed by atoms with van der Waals surface area (Å²) in [6, 6.07) is 0. The Hall–Kier alpha value is -2.24. The molecule has 6 heteroatoms. The summed E-state index contributed by atoms with van der Waals surface area (Å²) in [4.78, 5) is 25.4. The zero-order chi connectivity index (χ0) is 14.3. The van der Waals surface area contributed by atoms with Gasteiger partial charge in [0.2, 0.25) is 0 Å². The van der Waals surface area contributed by atoms with E-state index in [1.807, 2.05) is 0 Å². The molecule has 1 heterocycles. The maximum Gasteiger partial charge on any atom is 0.340 e. The van der Waals surface area contributed by atoms with Crippen LogP contribution in [0.2, 0.25) is 0 Å². The van der Waals surface area contributed by atoms with E-state index < -0.39 is 5.97 Å². The number of ether oxygens (including phenoxy) is 1. The first-order valence-corrected chi connectivity index (χ1v) is 5.87. The molecule has 1 aromatic heterocycles. The first-order chi connectivity index (χ1) is 9.04. The summed E-state index contributed by atoms with van der Waals surface area (Å²) >= 11 is 0. The summed E-state index contributed by atoms with van der Waals surface area (Å²) in [6.07, 6.45) is 7.58. The van der Waals surface area contributed by atoms with E-state index in [1.54, 1.807) is 57.8 Å². The monoisotopic (exact) mass is 262 g/mol. The second kappa shape index (κ2) is 7.25. The fourth-order valence-electron chi connectivity index (χ4n) is 1.38. The van der Waals surface area contributed by atoms with Crippen molar-refractivity contribution in [3.63, 3.8) is 0 Å². The van der Waals surface area contributed by atoms with E-state index in [9.17, 15) is 4.79 Å². The quantitative estimate of drug-likeness (QED) is 0.347. The van der Waals surface area contributed by atoms with Gasteiger partial charge in [-0.3, -0.25) is 4.99 Å². The van der Waals surface area contributed by atoms with Crippen LogP contribution >= 0.6 is 0 Å². The lowest BCUT2D eigenvalue weighted by Gasteiger charge is -2.13. The molecular weight excluding hydrogens is 244 g/mol. The topological polar surface area (TPSA) is 67.7 Å². The number of nitrogens with zero attached hydrogens (tertiary/aromatic N) is 4. The summed E-state index contributed by atoms with van der Waals surface area (Å²) < 4.78 is 5.21. The fraction of sp³-hybridized carbons (Fsp3) is 0.385. The van der Waals surface area contributed by atoms with Crippen LogP contribution in [0.1, 0.15) is 19.4 Å². The Bertz CT molecular complexity index is 469. The molecule has 1 aromatic rings. The number of hydrogen-bond donors (Lipinski definition) is 0. The highest BCUT2D eigenvalue weighted by molar-refractivity contribution is 6.16. The number of aliphatic imine (C=N–C) groups is 1. The maximum atomic E-state index is 12.1. The first kappa shape index (κ1) is 14.8. The van der Waals surface area contributed by atoms with E-state index in [2.05, 4.69) is 15.0 Å². The van der Waals surface area contributed by atoms with Crippen LogP contribution < -0.4 is 0 Å². The van der Waals surface area contributed by atoms with Crippen molar-refractivity contribution in [3.05, 3.63) is 30.5 Å². The zero-order valence-electron chi connectivity index (χ0n) is 11.6. The van der Waals surface area contributed by atoms with Crippen LogP contribution in [-0.2, 0) is 9.53 Å². The maximum absolute atomic E-state index is 12.1. The lowest BCUT2D eigenvalue weighted by molar-refractivity contribution is -0.140. The number of carbonyl (C=O) groups excluding carboxylic acids is 1. The minimum absolute atomic E-state index is 0.189. The molecule has 6 nitrogen and oxygen atoms in total. The van der Waals surface area contributed by atoms with Gasteiger partial charge in [-0.25, -0.2) is 14.8 Å². The Balaban J connectivity index is 3.08. The van der Waals surface area contributed by atoms with Gasteiger partial charge >= 0.3 is 5.97 Å². The van der Waals surface area contributed by atoms with Crippen molar-refractivity contribution >= 4 is 17.9 Å². The summed E-state index contributed by atoms with van der Waals surface area (Å²) in [5.74, 6) is -0.416. The third-order valence-electron chi connectivity index (χ3n) is 2.06. The summed E-state index contributed by atoms with van der Waals surface area (Å²) in [5, 5.41) is 0. The highest BCUT2D eigenvalue weighted by atomic mass is 16.5. The molecule has 0 saturated heterocycles. The molecule has 0 bridgehead atoms. The van der Waals surface area contributed by atoms with Gasteiger partial charge in [-0.15, -0.1) is 0 Å². The van der Waals surface area contributed by atoms with Crippen molar-refractivity contribution in [1.29, 1.82) is 0 Å². The van der Waals surface area contributed by atoms with E-state index in [4.69, 9.17) is 4.74 Å². The standard InChI is InChI=1S/C13H18N4O2/c1-10(2)19-13(18)12(7-17(4)9-14-3)11-5-15-8-16-6-11/h5-10H,1-4H3/b12-7-,14-9-. The average molecular weight is 262 g/mol. The molecule has 0 N–H and O–H groups in total. The van der Waals surface area contributed by atoms with Crippen LogP contribution in [0.25, 0.3) is 5.57 Å². The van der Waals surface area contributed by atoms with Gasteiger partial charge in [0.05, 0.1) is 18.0 Å². The predicted octanol–water partition coefficient (Wildman–Crippen LogP) is 1.36. The molecule has 19 heavy (non-hydrogen) atoms. The molecule has 102 valence electrons. The van der Waals surface area contributed by atoms with Crippen molar-refractivity contribution in [2.24, 2.45) is 4.99 Å². The second-order valence-corrected chi connectivity index (χ2v) is 4.16. The Labute approximate surface area is 112 Å². The van der Waals surface area contributed by atoms with Gasteiger partial charge in [0, 0.05) is 38.3 Å². The minimum atomic E-state index is -0.416. The van der Waals surface area contributed by atoms with Crippen LogP contribution in [0.4, 0.5) is 0 Å². The van der Waals surface area contributed by atoms with E-state index in [1.165, 1.54) is 6.33 Å². The molecule has 0 fully saturated rings. The van der Waals surface area contributed by atoms with E-state index in [0.717, 1.165) is 0 Å². The molecule has 0 amide bonds. The molecule has 0 aliphatic heterocycles. The van der Waals surface area contributed by atoms with Crippen molar-refractivity contribution in [2.45, 2.75) is 20.0 Å². The molecule has 0 atom stereocenters. The summed E-state index contributed by atoms with van der Waals surface area (Å²) in [7, 11) is 3.43. The second-order valence-electron chi connectivity index (χ2n) is 4.16. The molecule has 0 aromatic carbocycles. The van der Waals surface area contributed by atoms with Crippen LogP contribution in [0.15, 0.2) is 29.9 Å². The number of hydrogen-bond acceptors (Lipinski definition) is 5. The Morgan fingerprint density at radius 2 is 2.05 bits per heavy atom. The minimum Gasteiger partial charge on any atom is -0.459 e. The van der Waals surface area contributed by atoms with E-state index in [-0.39, 0.29) is 6.10 Å². The zero-order valence-corrected chi connectivity index (χ0v) is 11.6. The van der Waals surface area contributed by atoms with Crippen LogP contribution in [0.5, 0.6) is 0 Å². The smallest absolute Gasteiger partial charge is 0.340 e. The van der Waals surface area contributed by atoms with Gasteiger partial charge in [0.1, 0.15) is 6.33 Å². The predicted molar refractivity (Wildman–Crippen MR) is 73.4 cm³/mol. The number of aromatic nitrogens is 2. The lowest BCUT2D eigenvalue weighted by Crippen LogP contribution is -2.17. The van der Waals surface area contributed by atoms with Crippen LogP contribution in [0.3, 0.4) is 0 Å². The highest BCUT2D eigenvalue weighted by Gasteiger charge is 2.16. The largest absolute Gasteiger partial charge is 0.459 e. The normalized spacial score (nSPS) is 11.9. The van der Waals surface area contributed by atoms with Crippen molar-refractivity contribution in [2.75, 3.05) is 14.1 Å².